The van der Waals surface area contributed by atoms with Crippen LogP contribution in [0.3, 0.4) is 0 Å². The van der Waals surface area contributed by atoms with E-state index in [0.29, 0.717) is 6.61 Å². The molecule has 0 aliphatic carbocycles. The summed E-state index contributed by atoms with van der Waals surface area (Å²) < 4.78 is 11.6. The van der Waals surface area contributed by atoms with Crippen LogP contribution in [-0.4, -0.2) is 65.2 Å². The van der Waals surface area contributed by atoms with Crippen LogP contribution in [0.5, 0.6) is 11.5 Å². The molecule has 1 fully saturated rings. The van der Waals surface area contributed by atoms with Gasteiger partial charge in [0.1, 0.15) is 6.61 Å². The van der Waals surface area contributed by atoms with Crippen LogP contribution in [0.15, 0.2) is 72.8 Å². The zero-order valence-electron chi connectivity index (χ0n) is 20.7. The largest absolute Gasteiger partial charge is 0.493 e. The van der Waals surface area contributed by atoms with Crippen molar-refractivity contribution in [3.8, 4) is 11.5 Å². The number of nitrogens with zero attached hydrogens (tertiary/aromatic N) is 2. The molecule has 0 atom stereocenters. The Balaban J connectivity index is 0.000000568. The van der Waals surface area contributed by atoms with Gasteiger partial charge in [-0.05, 0) is 41.0 Å². The lowest BCUT2D eigenvalue weighted by Crippen LogP contribution is -2.45. The Bertz CT molecular complexity index is 1140. The first-order valence-electron chi connectivity index (χ1n) is 11.8. The van der Waals surface area contributed by atoms with E-state index in [-0.39, 0.29) is 0 Å². The van der Waals surface area contributed by atoms with Crippen molar-refractivity contribution in [3.63, 3.8) is 0 Å². The summed E-state index contributed by atoms with van der Waals surface area (Å²) in [6, 6.07) is 24.6. The molecule has 0 saturated carbocycles. The van der Waals surface area contributed by atoms with E-state index in [1.54, 1.807) is 7.11 Å². The number of aliphatic carboxylic acids is 2. The third-order valence-corrected chi connectivity index (χ3v) is 6.09. The normalized spacial score (nSPS) is 13.8. The van der Waals surface area contributed by atoms with Gasteiger partial charge in [-0.1, -0.05) is 60.1 Å². The molecule has 1 saturated heterocycles. The average molecular weight is 527 g/mol. The number of carboxylic acid groups (broad SMARTS) is 2. The molecule has 0 radical (unpaired) electrons. The average Bonchev–Trinajstić information content (AvgIpc) is 2.91. The van der Waals surface area contributed by atoms with Gasteiger partial charge in [-0.25, -0.2) is 9.59 Å². The van der Waals surface area contributed by atoms with Crippen LogP contribution in [0.4, 0.5) is 0 Å². The van der Waals surface area contributed by atoms with E-state index >= 15 is 0 Å². The van der Waals surface area contributed by atoms with Gasteiger partial charge in [0.15, 0.2) is 11.5 Å². The molecule has 1 aliphatic heterocycles. The van der Waals surface area contributed by atoms with Crippen LogP contribution in [0, 0.1) is 0 Å². The maximum atomic E-state index is 9.10. The molecule has 9 heteroatoms. The van der Waals surface area contributed by atoms with Crippen LogP contribution >= 0.6 is 11.6 Å². The van der Waals surface area contributed by atoms with E-state index < -0.39 is 11.9 Å². The second kappa shape index (κ2) is 14.2. The minimum absolute atomic E-state index is 0.532. The Labute approximate surface area is 221 Å². The molecule has 0 spiro atoms. The summed E-state index contributed by atoms with van der Waals surface area (Å²) in [5.74, 6) is -2.08. The lowest BCUT2D eigenvalue weighted by Gasteiger charge is -2.34. The van der Waals surface area contributed by atoms with Gasteiger partial charge in [0.2, 0.25) is 0 Å². The van der Waals surface area contributed by atoms with Gasteiger partial charge in [-0.2, -0.15) is 0 Å². The van der Waals surface area contributed by atoms with E-state index in [4.69, 9.17) is 40.9 Å². The number of carboxylic acids is 2. The third-order valence-electron chi connectivity index (χ3n) is 5.84. The van der Waals surface area contributed by atoms with E-state index in [0.717, 1.165) is 61.4 Å². The maximum absolute atomic E-state index is 9.10. The topological polar surface area (TPSA) is 99.5 Å². The summed E-state index contributed by atoms with van der Waals surface area (Å²) in [7, 11) is 1.68. The predicted octanol–water partition coefficient (Wildman–Crippen LogP) is 4.40. The first kappa shape index (κ1) is 28.0. The monoisotopic (exact) mass is 526 g/mol. The van der Waals surface area contributed by atoms with Gasteiger partial charge in [0.05, 0.1) is 7.11 Å². The van der Waals surface area contributed by atoms with Crippen molar-refractivity contribution in [3.05, 3.63) is 94.5 Å². The number of rotatable bonds is 8. The van der Waals surface area contributed by atoms with Crippen molar-refractivity contribution in [2.24, 2.45) is 0 Å². The number of benzene rings is 3. The number of ether oxygens (including phenoxy) is 2. The highest BCUT2D eigenvalue weighted by atomic mass is 35.5. The highest BCUT2D eigenvalue weighted by Crippen LogP contribution is 2.29. The van der Waals surface area contributed by atoms with Gasteiger partial charge < -0.3 is 19.7 Å². The third kappa shape index (κ3) is 9.42. The van der Waals surface area contributed by atoms with Crippen LogP contribution in [0.2, 0.25) is 5.02 Å². The predicted molar refractivity (Wildman–Crippen MR) is 141 cm³/mol. The summed E-state index contributed by atoms with van der Waals surface area (Å²) in [6.45, 7) is 6.67. The lowest BCUT2D eigenvalue weighted by atomic mass is 10.1. The molecular formula is C28H31ClN2O6. The Morgan fingerprint density at radius 1 is 0.757 bits per heavy atom. The molecule has 0 unspecified atom stereocenters. The van der Waals surface area contributed by atoms with Gasteiger partial charge in [-0.3, -0.25) is 9.80 Å². The van der Waals surface area contributed by atoms with E-state index in [1.807, 2.05) is 36.4 Å². The Hall–Kier alpha value is -3.59. The summed E-state index contributed by atoms with van der Waals surface area (Å²) >= 11 is 5.99. The number of hydrogen-bond donors (Lipinski definition) is 2. The molecule has 8 nitrogen and oxygen atoms in total. The number of hydrogen-bond acceptors (Lipinski definition) is 6. The smallest absolute Gasteiger partial charge is 0.414 e. The van der Waals surface area contributed by atoms with Crippen molar-refractivity contribution >= 4 is 23.5 Å². The first-order chi connectivity index (χ1) is 17.8. The minimum atomic E-state index is -1.82. The second-order valence-electron chi connectivity index (χ2n) is 8.55. The number of piperazine rings is 1. The van der Waals surface area contributed by atoms with Gasteiger partial charge in [0, 0.05) is 44.3 Å². The first-order valence-corrected chi connectivity index (χ1v) is 12.2. The molecule has 3 aromatic rings. The van der Waals surface area contributed by atoms with Crippen molar-refractivity contribution in [2.75, 3.05) is 33.3 Å². The van der Waals surface area contributed by atoms with E-state index in [9.17, 15) is 0 Å². The molecule has 1 heterocycles. The molecule has 196 valence electrons. The van der Waals surface area contributed by atoms with Crippen LogP contribution in [0.1, 0.15) is 16.7 Å². The van der Waals surface area contributed by atoms with Crippen molar-refractivity contribution < 1.29 is 29.3 Å². The van der Waals surface area contributed by atoms with Crippen LogP contribution in [-0.2, 0) is 29.3 Å². The number of carbonyl (C=O) groups is 2. The fourth-order valence-corrected chi connectivity index (χ4v) is 4.01. The fraction of sp³-hybridized carbons (Fsp3) is 0.286. The second-order valence-corrected chi connectivity index (χ2v) is 8.98. The lowest BCUT2D eigenvalue weighted by molar-refractivity contribution is -0.159. The van der Waals surface area contributed by atoms with Crippen molar-refractivity contribution in [1.82, 2.24) is 9.80 Å². The van der Waals surface area contributed by atoms with Crippen molar-refractivity contribution in [2.45, 2.75) is 19.7 Å². The summed E-state index contributed by atoms with van der Waals surface area (Å²) in [5.41, 5.74) is 3.70. The maximum Gasteiger partial charge on any atom is 0.414 e. The molecule has 37 heavy (non-hydrogen) atoms. The molecule has 0 bridgehead atoms. The Kier molecular flexibility index (Phi) is 10.8. The fourth-order valence-electron chi connectivity index (χ4n) is 3.88. The van der Waals surface area contributed by atoms with Crippen molar-refractivity contribution in [1.29, 1.82) is 0 Å². The molecular weight excluding hydrogens is 496 g/mol. The van der Waals surface area contributed by atoms with Crippen LogP contribution in [0.25, 0.3) is 0 Å². The standard InChI is InChI=1S/C26H29ClN2O2.C2H2O4/c1-30-25-12-9-23(17-26(25)31-20-22-5-3-2-4-6-22)19-29-15-13-28(14-16-29)18-21-7-10-24(27)11-8-21;3-1(4)2(5)6/h2-12,17H,13-16,18-20H2,1H3;(H,3,4)(H,5,6). The molecule has 3 aromatic carbocycles. The van der Waals surface area contributed by atoms with E-state index in [2.05, 4.69) is 46.2 Å². The molecule has 0 amide bonds. The van der Waals surface area contributed by atoms with Crippen LogP contribution < -0.4 is 9.47 Å². The highest BCUT2D eigenvalue weighted by molar-refractivity contribution is 6.30. The minimum Gasteiger partial charge on any atom is -0.493 e. The van der Waals surface area contributed by atoms with Gasteiger partial charge in [0.25, 0.3) is 0 Å². The van der Waals surface area contributed by atoms with Gasteiger partial charge in [-0.15, -0.1) is 0 Å². The Morgan fingerprint density at radius 3 is 1.84 bits per heavy atom. The Morgan fingerprint density at radius 2 is 1.30 bits per heavy atom. The van der Waals surface area contributed by atoms with E-state index in [1.165, 1.54) is 11.1 Å². The highest BCUT2D eigenvalue weighted by Gasteiger charge is 2.18. The summed E-state index contributed by atoms with van der Waals surface area (Å²) in [4.78, 5) is 23.2. The molecule has 0 aromatic heterocycles. The number of methoxy groups -OCH3 is 1. The van der Waals surface area contributed by atoms with Gasteiger partial charge >= 0.3 is 11.9 Å². The summed E-state index contributed by atoms with van der Waals surface area (Å²) in [5, 5.41) is 15.6. The molecule has 4 rings (SSSR count). The zero-order valence-corrected chi connectivity index (χ0v) is 21.4. The summed E-state index contributed by atoms with van der Waals surface area (Å²) in [6.07, 6.45) is 0. The SMILES string of the molecule is COc1ccc(CN2CCN(Cc3ccc(Cl)cc3)CC2)cc1OCc1ccccc1.O=C(O)C(=O)O. The molecule has 1 aliphatic rings. The zero-order chi connectivity index (χ0) is 26.6. The quantitative estimate of drug-likeness (QED) is 0.417. The molecule has 2 N–H and O–H groups in total. The number of halogens is 1.